The third-order valence-corrected chi connectivity index (χ3v) is 4.73. The van der Waals surface area contributed by atoms with E-state index in [4.69, 9.17) is 4.42 Å². The van der Waals surface area contributed by atoms with E-state index in [0.29, 0.717) is 19.0 Å². The minimum atomic E-state index is -3.17. The van der Waals surface area contributed by atoms with E-state index in [0.717, 1.165) is 18.5 Å². The summed E-state index contributed by atoms with van der Waals surface area (Å²) < 4.78 is 30.4. The molecule has 0 radical (unpaired) electrons. The van der Waals surface area contributed by atoms with Crippen molar-refractivity contribution in [3.63, 3.8) is 0 Å². The van der Waals surface area contributed by atoms with Gasteiger partial charge in [-0.25, -0.2) is 12.7 Å². The lowest BCUT2D eigenvalue weighted by Crippen LogP contribution is -2.29. The number of furan rings is 1. The molecule has 0 atom stereocenters. The molecule has 0 aromatic carbocycles. The highest BCUT2D eigenvalue weighted by molar-refractivity contribution is 7.89. The summed E-state index contributed by atoms with van der Waals surface area (Å²) in [5.41, 5.74) is 0.868. The molecule has 1 aromatic rings. The van der Waals surface area contributed by atoms with E-state index < -0.39 is 10.0 Å². The van der Waals surface area contributed by atoms with Gasteiger partial charge in [0.1, 0.15) is 0 Å². The molecule has 0 saturated carbocycles. The van der Waals surface area contributed by atoms with Crippen LogP contribution in [0.15, 0.2) is 23.0 Å². The van der Waals surface area contributed by atoms with Gasteiger partial charge in [-0.2, -0.15) is 0 Å². The van der Waals surface area contributed by atoms with Gasteiger partial charge in [-0.3, -0.25) is 0 Å². The molecule has 5 nitrogen and oxygen atoms in total. The Morgan fingerprint density at radius 3 is 2.68 bits per heavy atom. The molecule has 0 bridgehead atoms. The van der Waals surface area contributed by atoms with Gasteiger partial charge in [-0.1, -0.05) is 13.8 Å². The second kappa shape index (κ2) is 7.67. The number of rotatable bonds is 9. The van der Waals surface area contributed by atoms with Crippen LogP contribution in [0.5, 0.6) is 0 Å². The Labute approximate surface area is 116 Å². The van der Waals surface area contributed by atoms with Crippen LogP contribution in [0, 0.1) is 0 Å². The molecule has 0 amide bonds. The lowest BCUT2D eigenvalue weighted by molar-refractivity contribution is 0.460. The molecular weight excluding hydrogens is 264 g/mol. The zero-order chi connectivity index (χ0) is 14.3. The number of unbranched alkanes of at least 4 members (excludes halogenated alkanes) is 1. The molecule has 1 N–H and O–H groups in total. The molecule has 0 fully saturated rings. The van der Waals surface area contributed by atoms with Crippen molar-refractivity contribution in [3.8, 4) is 0 Å². The van der Waals surface area contributed by atoms with Crippen molar-refractivity contribution in [2.75, 3.05) is 19.3 Å². The van der Waals surface area contributed by atoms with Gasteiger partial charge in [-0.05, 0) is 25.5 Å². The third kappa shape index (κ3) is 6.22. The van der Waals surface area contributed by atoms with Gasteiger partial charge >= 0.3 is 0 Å². The topological polar surface area (TPSA) is 62.6 Å². The lowest BCUT2D eigenvalue weighted by Gasteiger charge is -2.16. The summed E-state index contributed by atoms with van der Waals surface area (Å²) in [7, 11) is -1.57. The SMILES string of the molecule is CC(C)NCCCCS(=O)(=O)N(C)Cc1ccoc1. The average Bonchev–Trinajstić information content (AvgIpc) is 2.80. The normalized spacial score (nSPS) is 12.5. The quantitative estimate of drug-likeness (QED) is 0.704. The highest BCUT2D eigenvalue weighted by Crippen LogP contribution is 2.09. The fourth-order valence-electron chi connectivity index (χ4n) is 1.69. The van der Waals surface area contributed by atoms with Gasteiger partial charge in [0.2, 0.25) is 10.0 Å². The molecule has 1 aromatic heterocycles. The van der Waals surface area contributed by atoms with Crippen molar-refractivity contribution < 1.29 is 12.8 Å². The van der Waals surface area contributed by atoms with Crippen LogP contribution in [0.3, 0.4) is 0 Å². The van der Waals surface area contributed by atoms with E-state index in [1.54, 1.807) is 25.6 Å². The average molecular weight is 288 g/mol. The first-order valence-electron chi connectivity index (χ1n) is 6.60. The molecule has 0 aliphatic heterocycles. The Balaban J connectivity index is 2.30. The van der Waals surface area contributed by atoms with Crippen LogP contribution >= 0.6 is 0 Å². The van der Waals surface area contributed by atoms with Crippen molar-refractivity contribution in [2.45, 2.75) is 39.3 Å². The predicted molar refractivity (Wildman–Crippen MR) is 76.3 cm³/mol. The van der Waals surface area contributed by atoms with Crippen molar-refractivity contribution in [1.29, 1.82) is 0 Å². The first kappa shape index (κ1) is 16.2. The van der Waals surface area contributed by atoms with Crippen molar-refractivity contribution in [1.82, 2.24) is 9.62 Å². The van der Waals surface area contributed by atoms with Crippen LogP contribution in [0.2, 0.25) is 0 Å². The number of sulfonamides is 1. The molecule has 0 unspecified atom stereocenters. The Kier molecular flexibility index (Phi) is 6.54. The number of nitrogens with zero attached hydrogens (tertiary/aromatic N) is 1. The van der Waals surface area contributed by atoms with E-state index >= 15 is 0 Å². The summed E-state index contributed by atoms with van der Waals surface area (Å²) in [6.07, 6.45) is 4.67. The Bertz CT molecular complexity index is 440. The van der Waals surface area contributed by atoms with Gasteiger partial charge in [0.05, 0.1) is 18.3 Å². The van der Waals surface area contributed by atoms with Crippen LogP contribution in [0.25, 0.3) is 0 Å². The third-order valence-electron chi connectivity index (χ3n) is 2.84. The van der Waals surface area contributed by atoms with E-state index in [1.807, 2.05) is 0 Å². The zero-order valence-electron chi connectivity index (χ0n) is 11.9. The van der Waals surface area contributed by atoms with Gasteiger partial charge in [0, 0.05) is 25.2 Å². The van der Waals surface area contributed by atoms with Crippen LogP contribution in [-0.2, 0) is 16.6 Å². The second-order valence-corrected chi connectivity index (χ2v) is 7.22. The molecule has 0 aliphatic rings. The molecule has 110 valence electrons. The summed E-state index contributed by atoms with van der Waals surface area (Å²) in [6.45, 7) is 5.38. The molecular formula is C13H24N2O3S. The van der Waals surface area contributed by atoms with Gasteiger partial charge in [0.15, 0.2) is 0 Å². The standard InChI is InChI=1S/C13H24N2O3S/c1-12(2)14-7-4-5-9-19(16,17)15(3)10-13-6-8-18-11-13/h6,8,11-12,14H,4-5,7,9-10H2,1-3H3. The van der Waals surface area contributed by atoms with Crippen molar-refractivity contribution >= 4 is 10.0 Å². The molecule has 1 rings (SSSR count). The summed E-state index contributed by atoms with van der Waals surface area (Å²) in [4.78, 5) is 0. The molecule has 19 heavy (non-hydrogen) atoms. The largest absolute Gasteiger partial charge is 0.472 e. The fraction of sp³-hybridized carbons (Fsp3) is 0.692. The summed E-state index contributed by atoms with van der Waals surface area (Å²) >= 11 is 0. The van der Waals surface area contributed by atoms with Gasteiger partial charge < -0.3 is 9.73 Å². The number of hydrogen-bond acceptors (Lipinski definition) is 4. The summed E-state index contributed by atoms with van der Waals surface area (Å²) in [6, 6.07) is 2.22. The van der Waals surface area contributed by atoms with E-state index in [9.17, 15) is 8.42 Å². The highest BCUT2D eigenvalue weighted by Gasteiger charge is 2.17. The van der Waals surface area contributed by atoms with E-state index in [-0.39, 0.29) is 5.75 Å². The summed E-state index contributed by atoms with van der Waals surface area (Å²) in [5, 5.41) is 3.28. The molecule has 0 spiro atoms. The van der Waals surface area contributed by atoms with Gasteiger partial charge in [0.25, 0.3) is 0 Å². The predicted octanol–water partition coefficient (Wildman–Crippen LogP) is 1.82. The van der Waals surface area contributed by atoms with Crippen molar-refractivity contribution in [3.05, 3.63) is 24.2 Å². The maximum absolute atomic E-state index is 12.0. The molecule has 0 aliphatic carbocycles. The van der Waals surface area contributed by atoms with Crippen LogP contribution in [0.4, 0.5) is 0 Å². The van der Waals surface area contributed by atoms with E-state index in [2.05, 4.69) is 19.2 Å². The minimum absolute atomic E-state index is 0.196. The molecule has 1 heterocycles. The first-order chi connectivity index (χ1) is 8.92. The number of hydrogen-bond donors (Lipinski definition) is 1. The van der Waals surface area contributed by atoms with Crippen LogP contribution < -0.4 is 5.32 Å². The minimum Gasteiger partial charge on any atom is -0.472 e. The molecule has 6 heteroatoms. The highest BCUT2D eigenvalue weighted by atomic mass is 32.2. The van der Waals surface area contributed by atoms with Crippen molar-refractivity contribution in [2.24, 2.45) is 0 Å². The smallest absolute Gasteiger partial charge is 0.214 e. The second-order valence-electron chi connectivity index (χ2n) is 5.02. The Morgan fingerprint density at radius 2 is 2.11 bits per heavy atom. The first-order valence-corrected chi connectivity index (χ1v) is 8.21. The van der Waals surface area contributed by atoms with E-state index in [1.165, 1.54) is 4.31 Å². The Hall–Kier alpha value is -0.850. The maximum atomic E-state index is 12.0. The summed E-state index contributed by atoms with van der Waals surface area (Å²) in [5.74, 6) is 0.196. The monoisotopic (exact) mass is 288 g/mol. The fourth-order valence-corrected chi connectivity index (χ4v) is 2.92. The number of nitrogens with one attached hydrogen (secondary N) is 1. The van der Waals surface area contributed by atoms with Crippen LogP contribution in [0.1, 0.15) is 32.3 Å². The van der Waals surface area contributed by atoms with Gasteiger partial charge in [-0.15, -0.1) is 0 Å². The van der Waals surface area contributed by atoms with Crippen LogP contribution in [-0.4, -0.2) is 38.1 Å². The molecule has 0 saturated heterocycles. The lowest BCUT2D eigenvalue weighted by atomic mass is 10.3. The maximum Gasteiger partial charge on any atom is 0.214 e. The Morgan fingerprint density at radius 1 is 1.37 bits per heavy atom. The zero-order valence-corrected chi connectivity index (χ0v) is 12.7.